The summed E-state index contributed by atoms with van der Waals surface area (Å²) in [7, 11) is 0. The lowest BCUT2D eigenvalue weighted by atomic mass is 9.81. The van der Waals surface area contributed by atoms with Crippen molar-refractivity contribution in [2.75, 3.05) is 6.54 Å². The number of imidazole rings is 1. The number of carbonyl (C=O) groups is 2. The van der Waals surface area contributed by atoms with Gasteiger partial charge in [-0.15, -0.1) is 0 Å². The Morgan fingerprint density at radius 2 is 1.85 bits per heavy atom. The van der Waals surface area contributed by atoms with Crippen LogP contribution in [-0.4, -0.2) is 76.8 Å². The molecule has 256 valence electrons. The minimum atomic E-state index is -4.44. The monoisotopic (exact) mass is 665 g/mol. The Balaban J connectivity index is 1.35. The van der Waals surface area contributed by atoms with Gasteiger partial charge < -0.3 is 10.6 Å². The van der Waals surface area contributed by atoms with Crippen LogP contribution in [0.4, 0.5) is 22.0 Å². The van der Waals surface area contributed by atoms with Crippen LogP contribution in [0.3, 0.4) is 0 Å². The van der Waals surface area contributed by atoms with Gasteiger partial charge in [0.2, 0.25) is 11.8 Å². The largest absolute Gasteiger partial charge is 0.393 e. The zero-order valence-electron chi connectivity index (χ0n) is 26.6. The molecule has 0 radical (unpaired) electrons. The summed E-state index contributed by atoms with van der Waals surface area (Å²) >= 11 is 0. The minimum Gasteiger partial charge on any atom is -0.355 e. The number of hydrogen-bond donors (Lipinski definition) is 2. The van der Waals surface area contributed by atoms with Gasteiger partial charge in [-0.25, -0.2) is 23.3 Å². The molecule has 2 aliphatic heterocycles. The molecule has 5 heterocycles. The zero-order chi connectivity index (χ0) is 33.7. The number of hydrogen-bond acceptors (Lipinski definition) is 7. The maximum atomic E-state index is 14.2. The van der Waals surface area contributed by atoms with Crippen molar-refractivity contribution in [3.8, 4) is 0 Å². The van der Waals surface area contributed by atoms with E-state index < -0.39 is 48.3 Å². The molecule has 6 rings (SSSR count). The molecule has 3 aromatic rings. The number of aryl methyl sites for hydroxylation is 1. The van der Waals surface area contributed by atoms with Crippen molar-refractivity contribution in [3.63, 3.8) is 0 Å². The first-order chi connectivity index (χ1) is 22.2. The predicted molar refractivity (Wildman–Crippen MR) is 159 cm³/mol. The highest BCUT2D eigenvalue weighted by atomic mass is 19.4. The van der Waals surface area contributed by atoms with E-state index in [2.05, 4.69) is 34.5 Å². The van der Waals surface area contributed by atoms with Crippen LogP contribution >= 0.6 is 0 Å². The molecule has 0 spiro atoms. The molecule has 47 heavy (non-hydrogen) atoms. The quantitative estimate of drug-likeness (QED) is 0.324. The molecule has 2 saturated heterocycles. The Labute approximate surface area is 268 Å². The van der Waals surface area contributed by atoms with Gasteiger partial charge >= 0.3 is 6.18 Å². The molecule has 3 fully saturated rings. The van der Waals surface area contributed by atoms with Crippen molar-refractivity contribution in [1.29, 1.82) is 0 Å². The smallest absolute Gasteiger partial charge is 0.355 e. The average molecular weight is 666 g/mol. The van der Waals surface area contributed by atoms with Gasteiger partial charge in [-0.2, -0.15) is 23.4 Å². The number of rotatable bonds is 9. The Hall–Kier alpha value is -3.69. The van der Waals surface area contributed by atoms with Crippen LogP contribution in [0.25, 0.3) is 5.78 Å². The zero-order valence-corrected chi connectivity index (χ0v) is 26.6. The fourth-order valence-electron chi connectivity index (χ4n) is 7.26. The number of nitrogens with one attached hydrogen (secondary N) is 2. The van der Waals surface area contributed by atoms with Crippen molar-refractivity contribution in [2.24, 2.45) is 17.8 Å². The van der Waals surface area contributed by atoms with Gasteiger partial charge in [0.1, 0.15) is 5.69 Å². The standard InChI is InChI=1S/C31H40F5N9O2/c1-4-44-25(7-10-38-44)28(47)41-26(19-5-8-30(32,33)9-6-19)24-16-45-29(40-24)39-23(15-43-17(2)11-18(43)3)22(42-45)13-20-12-21(31(34,35)36)14-37-27(20)46/h7,10,16-21,26H,4-6,8-9,11-15H2,1-3H3,(H,37,46)(H,41,47)/t17?,18?,20-,21-,26+/m1/s1. The third-order valence-corrected chi connectivity index (χ3v) is 10.1. The Kier molecular flexibility index (Phi) is 9.00. The minimum absolute atomic E-state index is 0.0420. The lowest BCUT2D eigenvalue weighted by Crippen LogP contribution is -2.52. The Morgan fingerprint density at radius 3 is 2.51 bits per heavy atom. The molecule has 2 unspecified atom stereocenters. The first kappa shape index (κ1) is 33.2. The second-order valence-electron chi connectivity index (χ2n) is 13.3. The lowest BCUT2D eigenvalue weighted by Gasteiger charge is -2.45. The predicted octanol–water partition coefficient (Wildman–Crippen LogP) is 4.48. The fourth-order valence-corrected chi connectivity index (χ4v) is 7.26. The van der Waals surface area contributed by atoms with Gasteiger partial charge in [0.05, 0.1) is 35.2 Å². The summed E-state index contributed by atoms with van der Waals surface area (Å²) < 4.78 is 72.1. The highest BCUT2D eigenvalue weighted by Crippen LogP contribution is 2.41. The molecule has 11 nitrogen and oxygen atoms in total. The molecule has 0 bridgehead atoms. The molecule has 0 aromatic carbocycles. The second kappa shape index (κ2) is 12.7. The van der Waals surface area contributed by atoms with E-state index in [0.29, 0.717) is 35.9 Å². The van der Waals surface area contributed by atoms with Gasteiger partial charge in [0.25, 0.3) is 11.7 Å². The van der Waals surface area contributed by atoms with Crippen LogP contribution in [0, 0.1) is 17.8 Å². The van der Waals surface area contributed by atoms with Crippen LogP contribution in [-0.2, 0) is 24.3 Å². The number of amides is 2. The van der Waals surface area contributed by atoms with Crippen molar-refractivity contribution in [2.45, 2.75) is 109 Å². The number of likely N-dealkylation sites (tertiary alicyclic amines) is 1. The van der Waals surface area contributed by atoms with Crippen LogP contribution < -0.4 is 10.6 Å². The normalized spacial score (nSPS) is 26.2. The van der Waals surface area contributed by atoms with E-state index in [1.54, 1.807) is 12.3 Å². The summed E-state index contributed by atoms with van der Waals surface area (Å²) in [5.41, 5.74) is 1.61. The molecule has 2 amide bonds. The molecule has 1 aliphatic carbocycles. The summed E-state index contributed by atoms with van der Waals surface area (Å²) in [6, 6.07) is 1.37. The van der Waals surface area contributed by atoms with E-state index in [1.165, 1.54) is 15.4 Å². The third kappa shape index (κ3) is 6.97. The molecule has 3 aliphatic rings. The Morgan fingerprint density at radius 1 is 1.13 bits per heavy atom. The van der Waals surface area contributed by atoms with Crippen LogP contribution in [0.5, 0.6) is 0 Å². The number of halogens is 5. The average Bonchev–Trinajstić information content (AvgIpc) is 3.66. The van der Waals surface area contributed by atoms with Gasteiger partial charge in [0.15, 0.2) is 0 Å². The molecule has 5 atom stereocenters. The van der Waals surface area contributed by atoms with Crippen LogP contribution in [0.2, 0.25) is 0 Å². The van der Waals surface area contributed by atoms with E-state index >= 15 is 0 Å². The number of aromatic nitrogens is 6. The van der Waals surface area contributed by atoms with Gasteiger partial charge in [-0.05, 0) is 58.4 Å². The van der Waals surface area contributed by atoms with E-state index in [1.807, 2.05) is 6.92 Å². The van der Waals surface area contributed by atoms with E-state index in [0.717, 1.165) is 6.42 Å². The lowest BCUT2D eigenvalue weighted by molar-refractivity contribution is -0.183. The van der Waals surface area contributed by atoms with Crippen molar-refractivity contribution in [1.82, 2.24) is 44.9 Å². The molecule has 16 heteroatoms. The molecular weight excluding hydrogens is 625 g/mol. The van der Waals surface area contributed by atoms with Crippen LogP contribution in [0.15, 0.2) is 18.5 Å². The summed E-state index contributed by atoms with van der Waals surface area (Å²) in [6.07, 6.45) is -1.06. The van der Waals surface area contributed by atoms with Gasteiger partial charge in [0, 0.05) is 63.1 Å². The van der Waals surface area contributed by atoms with Gasteiger partial charge in [-0.1, -0.05) is 0 Å². The van der Waals surface area contributed by atoms with E-state index in [4.69, 9.17) is 15.1 Å². The Bertz CT molecular complexity index is 1600. The molecular formula is C31H40F5N9O2. The highest BCUT2D eigenvalue weighted by molar-refractivity contribution is 5.92. The molecule has 2 N–H and O–H groups in total. The SMILES string of the molecule is CCn1nccc1C(=O)N[C@H](c1cn2nc(C[C@H]3C[C@@H](C(F)(F)F)CNC3=O)c(CN3C(C)CC3C)nc2n1)C1CCC(F)(F)CC1. The third-order valence-electron chi connectivity index (χ3n) is 10.1. The maximum Gasteiger partial charge on any atom is 0.393 e. The summed E-state index contributed by atoms with van der Waals surface area (Å²) in [4.78, 5) is 37.9. The van der Waals surface area contributed by atoms with E-state index in [9.17, 15) is 31.5 Å². The number of piperidine rings is 1. The molecule has 3 aromatic heterocycles. The van der Waals surface area contributed by atoms with Gasteiger partial charge in [-0.3, -0.25) is 19.2 Å². The number of alkyl halides is 5. The van der Waals surface area contributed by atoms with Crippen molar-refractivity contribution in [3.05, 3.63) is 41.2 Å². The topological polar surface area (TPSA) is 122 Å². The molecule has 1 saturated carbocycles. The number of nitrogens with zero attached hydrogens (tertiary/aromatic N) is 7. The van der Waals surface area contributed by atoms with E-state index in [-0.39, 0.29) is 62.3 Å². The maximum absolute atomic E-state index is 14.2. The van der Waals surface area contributed by atoms with Crippen LogP contribution in [0.1, 0.15) is 92.9 Å². The second-order valence-corrected chi connectivity index (χ2v) is 13.3. The highest BCUT2D eigenvalue weighted by Gasteiger charge is 2.45. The summed E-state index contributed by atoms with van der Waals surface area (Å²) in [5, 5.41) is 14.3. The van der Waals surface area contributed by atoms with Crippen molar-refractivity contribution >= 4 is 17.6 Å². The first-order valence-corrected chi connectivity index (χ1v) is 16.3. The fraction of sp³-hybridized carbons (Fsp3) is 0.677. The first-order valence-electron chi connectivity index (χ1n) is 16.3. The summed E-state index contributed by atoms with van der Waals surface area (Å²) in [5.74, 6) is -6.40. The number of carbonyl (C=O) groups excluding carboxylic acids is 2. The van der Waals surface area contributed by atoms with Crippen molar-refractivity contribution < 1.29 is 31.5 Å². The number of fused-ring (bicyclic) bond motifs is 1. The summed E-state index contributed by atoms with van der Waals surface area (Å²) in [6.45, 7) is 6.38.